The van der Waals surface area contributed by atoms with E-state index in [0.717, 1.165) is 12.5 Å². The summed E-state index contributed by atoms with van der Waals surface area (Å²) in [5, 5.41) is 5.31. The van der Waals surface area contributed by atoms with E-state index in [1.54, 1.807) is 24.3 Å². The number of hydrogen-bond acceptors (Lipinski definition) is 4. The Bertz CT molecular complexity index is 979. The summed E-state index contributed by atoms with van der Waals surface area (Å²) >= 11 is 0. The summed E-state index contributed by atoms with van der Waals surface area (Å²) in [5.74, 6) is -3.10. The summed E-state index contributed by atoms with van der Waals surface area (Å²) in [6.45, 7) is 2.28. The number of sulfonamides is 1. The summed E-state index contributed by atoms with van der Waals surface area (Å²) in [6.07, 6.45) is 0.640. The average Bonchev–Trinajstić information content (AvgIpc) is 2.68. The van der Waals surface area contributed by atoms with Gasteiger partial charge in [-0.05, 0) is 48.9 Å². The number of anilines is 1. The van der Waals surface area contributed by atoms with Crippen LogP contribution in [-0.2, 0) is 14.8 Å². The summed E-state index contributed by atoms with van der Waals surface area (Å²) < 4.78 is 52.3. The van der Waals surface area contributed by atoms with Gasteiger partial charge in [0.25, 0.3) is 5.91 Å². The maximum absolute atomic E-state index is 13.2. The SMILES string of the molecule is CCCNC(=O)c1ccc(NC(=O)CCNS(=O)(=O)c2ccc(F)c(F)c2)cc1. The van der Waals surface area contributed by atoms with Crippen LogP contribution in [0.5, 0.6) is 0 Å². The van der Waals surface area contributed by atoms with E-state index in [0.29, 0.717) is 29.9 Å². The summed E-state index contributed by atoms with van der Waals surface area (Å²) in [5.41, 5.74) is 0.904. The molecule has 29 heavy (non-hydrogen) atoms. The molecule has 0 atom stereocenters. The van der Waals surface area contributed by atoms with Gasteiger partial charge in [0.05, 0.1) is 4.90 Å². The highest BCUT2D eigenvalue weighted by Crippen LogP contribution is 2.14. The number of hydrogen-bond donors (Lipinski definition) is 3. The van der Waals surface area contributed by atoms with E-state index in [1.807, 2.05) is 6.92 Å². The van der Waals surface area contributed by atoms with E-state index in [1.165, 1.54) is 0 Å². The molecule has 7 nitrogen and oxygen atoms in total. The monoisotopic (exact) mass is 425 g/mol. The quantitative estimate of drug-likeness (QED) is 0.574. The average molecular weight is 425 g/mol. The van der Waals surface area contributed by atoms with Gasteiger partial charge in [-0.1, -0.05) is 6.92 Å². The Kier molecular flexibility index (Phi) is 7.80. The second-order valence-corrected chi connectivity index (χ2v) is 7.87. The van der Waals surface area contributed by atoms with Crippen LogP contribution in [-0.4, -0.2) is 33.3 Å². The molecule has 0 aliphatic heterocycles. The molecule has 2 rings (SSSR count). The molecule has 3 N–H and O–H groups in total. The molecule has 0 saturated carbocycles. The number of benzene rings is 2. The lowest BCUT2D eigenvalue weighted by atomic mass is 10.2. The molecule has 2 amide bonds. The first-order valence-corrected chi connectivity index (χ1v) is 10.3. The van der Waals surface area contributed by atoms with E-state index in [4.69, 9.17) is 0 Å². The lowest BCUT2D eigenvalue weighted by molar-refractivity contribution is -0.116. The molecule has 0 spiro atoms. The van der Waals surface area contributed by atoms with Gasteiger partial charge in [0.15, 0.2) is 11.6 Å². The normalized spacial score (nSPS) is 11.1. The highest BCUT2D eigenvalue weighted by atomic mass is 32.2. The van der Waals surface area contributed by atoms with Crippen molar-refractivity contribution in [1.82, 2.24) is 10.0 Å². The third-order valence-corrected chi connectivity index (χ3v) is 5.27. The fourth-order valence-corrected chi connectivity index (χ4v) is 3.34. The Morgan fingerprint density at radius 3 is 2.28 bits per heavy atom. The fourth-order valence-electron chi connectivity index (χ4n) is 2.30. The maximum atomic E-state index is 13.2. The lowest BCUT2D eigenvalue weighted by Gasteiger charge is -2.09. The highest BCUT2D eigenvalue weighted by molar-refractivity contribution is 7.89. The first kappa shape index (κ1) is 22.4. The van der Waals surface area contributed by atoms with Gasteiger partial charge in [0.2, 0.25) is 15.9 Å². The molecule has 0 bridgehead atoms. The van der Waals surface area contributed by atoms with Crippen LogP contribution in [0.1, 0.15) is 30.1 Å². The Morgan fingerprint density at radius 2 is 1.66 bits per heavy atom. The van der Waals surface area contributed by atoms with Crippen LogP contribution in [0.3, 0.4) is 0 Å². The number of amides is 2. The van der Waals surface area contributed by atoms with Crippen molar-refractivity contribution in [3.8, 4) is 0 Å². The number of halogens is 2. The highest BCUT2D eigenvalue weighted by Gasteiger charge is 2.16. The van der Waals surface area contributed by atoms with Crippen LogP contribution in [0.2, 0.25) is 0 Å². The second-order valence-electron chi connectivity index (χ2n) is 6.11. The molecular weight excluding hydrogens is 404 g/mol. The smallest absolute Gasteiger partial charge is 0.251 e. The van der Waals surface area contributed by atoms with Crippen molar-refractivity contribution >= 4 is 27.5 Å². The van der Waals surface area contributed by atoms with Gasteiger partial charge >= 0.3 is 0 Å². The van der Waals surface area contributed by atoms with E-state index in [-0.39, 0.29) is 18.9 Å². The van der Waals surface area contributed by atoms with Crippen molar-refractivity contribution in [3.63, 3.8) is 0 Å². The van der Waals surface area contributed by atoms with Crippen molar-refractivity contribution in [3.05, 3.63) is 59.7 Å². The third-order valence-electron chi connectivity index (χ3n) is 3.81. The summed E-state index contributed by atoms with van der Waals surface area (Å²) in [4.78, 5) is 23.3. The molecule has 156 valence electrons. The molecule has 0 saturated heterocycles. The second kappa shape index (κ2) is 10.1. The number of rotatable bonds is 9. The molecule has 0 radical (unpaired) electrons. The zero-order chi connectivity index (χ0) is 21.4. The van der Waals surface area contributed by atoms with Gasteiger partial charge in [-0.2, -0.15) is 0 Å². The first-order chi connectivity index (χ1) is 13.7. The topological polar surface area (TPSA) is 104 Å². The van der Waals surface area contributed by atoms with Gasteiger partial charge in [0.1, 0.15) is 0 Å². The molecule has 2 aromatic carbocycles. The van der Waals surface area contributed by atoms with Crippen LogP contribution in [0.4, 0.5) is 14.5 Å². The lowest BCUT2D eigenvalue weighted by Crippen LogP contribution is -2.28. The minimum Gasteiger partial charge on any atom is -0.352 e. The van der Waals surface area contributed by atoms with Gasteiger partial charge in [-0.3, -0.25) is 9.59 Å². The molecule has 10 heteroatoms. The van der Waals surface area contributed by atoms with Gasteiger partial charge in [0, 0.05) is 30.8 Å². The maximum Gasteiger partial charge on any atom is 0.251 e. The molecule has 0 heterocycles. The van der Waals surface area contributed by atoms with Crippen molar-refractivity contribution in [2.75, 3.05) is 18.4 Å². The molecule has 0 aromatic heterocycles. The molecule has 0 aliphatic carbocycles. The Balaban J connectivity index is 1.85. The van der Waals surface area contributed by atoms with Crippen molar-refractivity contribution in [2.45, 2.75) is 24.7 Å². The summed E-state index contributed by atoms with van der Waals surface area (Å²) in [6, 6.07) is 8.45. The first-order valence-electron chi connectivity index (χ1n) is 8.85. The van der Waals surface area contributed by atoms with Gasteiger partial charge in [-0.15, -0.1) is 0 Å². The minimum absolute atomic E-state index is 0.179. The minimum atomic E-state index is -4.07. The predicted octanol–water partition coefficient (Wildman–Crippen LogP) is 2.41. The van der Waals surface area contributed by atoms with Crippen LogP contribution in [0.15, 0.2) is 47.4 Å². The van der Waals surface area contributed by atoms with Crippen LogP contribution in [0.25, 0.3) is 0 Å². The van der Waals surface area contributed by atoms with Gasteiger partial charge < -0.3 is 10.6 Å². The van der Waals surface area contributed by atoms with Crippen molar-refractivity contribution in [2.24, 2.45) is 0 Å². The number of carbonyl (C=O) groups is 2. The molecule has 0 unspecified atom stereocenters. The molecule has 2 aromatic rings. The largest absolute Gasteiger partial charge is 0.352 e. The number of nitrogens with one attached hydrogen (secondary N) is 3. The van der Waals surface area contributed by atoms with E-state index in [2.05, 4.69) is 15.4 Å². The number of carbonyl (C=O) groups excluding carboxylic acids is 2. The predicted molar refractivity (Wildman–Crippen MR) is 104 cm³/mol. The van der Waals surface area contributed by atoms with Crippen LogP contribution in [0, 0.1) is 11.6 Å². The molecular formula is C19H21F2N3O4S. The van der Waals surface area contributed by atoms with Crippen molar-refractivity contribution < 1.29 is 26.8 Å². The fraction of sp³-hybridized carbons (Fsp3) is 0.263. The van der Waals surface area contributed by atoms with Crippen molar-refractivity contribution in [1.29, 1.82) is 0 Å². The van der Waals surface area contributed by atoms with Gasteiger partial charge in [-0.25, -0.2) is 21.9 Å². The van der Waals surface area contributed by atoms with Crippen LogP contribution >= 0.6 is 0 Å². The molecule has 0 aliphatic rings. The third kappa shape index (κ3) is 6.61. The zero-order valence-corrected chi connectivity index (χ0v) is 16.5. The van der Waals surface area contributed by atoms with E-state index in [9.17, 15) is 26.8 Å². The Labute approximate surface area is 167 Å². The van der Waals surface area contributed by atoms with Crippen LogP contribution < -0.4 is 15.4 Å². The summed E-state index contributed by atoms with van der Waals surface area (Å²) in [7, 11) is -4.07. The molecule has 0 fully saturated rings. The standard InChI is InChI=1S/C19H21F2N3O4S/c1-2-10-22-19(26)13-3-5-14(6-4-13)24-18(25)9-11-23-29(27,28)15-7-8-16(20)17(21)12-15/h3-8,12,23H,2,9-11H2,1H3,(H,22,26)(H,24,25). The van der Waals surface area contributed by atoms with E-state index < -0.39 is 32.5 Å². The Hall–Kier alpha value is -2.85. The Morgan fingerprint density at radius 1 is 0.966 bits per heavy atom. The zero-order valence-electron chi connectivity index (χ0n) is 15.7. The van der Waals surface area contributed by atoms with E-state index >= 15 is 0 Å².